The molecule has 0 spiro atoms. The number of halogens is 2. The monoisotopic (exact) mass is 450 g/mol. The Kier molecular flexibility index (Phi) is 7.69. The zero-order valence-electron chi connectivity index (χ0n) is 15.1. The molecular formula is C20H20BrFN2O4. The fourth-order valence-electron chi connectivity index (χ4n) is 2.64. The first-order chi connectivity index (χ1) is 13.2. The van der Waals surface area contributed by atoms with Gasteiger partial charge >= 0.3 is 5.97 Å². The Morgan fingerprint density at radius 2 is 1.43 bits per heavy atom. The van der Waals surface area contributed by atoms with Gasteiger partial charge < -0.3 is 15.7 Å². The molecule has 2 aromatic carbocycles. The second-order valence-corrected chi connectivity index (χ2v) is 7.23. The van der Waals surface area contributed by atoms with E-state index in [4.69, 9.17) is 0 Å². The summed E-state index contributed by atoms with van der Waals surface area (Å²) in [6.45, 7) is 1.27. The molecule has 28 heavy (non-hydrogen) atoms. The number of carboxylic acids is 1. The highest BCUT2D eigenvalue weighted by molar-refractivity contribution is 9.10. The zero-order chi connectivity index (χ0) is 20.7. The molecule has 2 rings (SSSR count). The molecule has 148 valence electrons. The van der Waals surface area contributed by atoms with Gasteiger partial charge in [-0.25, -0.2) is 9.18 Å². The van der Waals surface area contributed by atoms with E-state index in [1.807, 2.05) is 0 Å². The number of rotatable bonds is 8. The van der Waals surface area contributed by atoms with Gasteiger partial charge in [0.1, 0.15) is 17.9 Å². The van der Waals surface area contributed by atoms with E-state index in [-0.39, 0.29) is 12.8 Å². The molecule has 0 bridgehead atoms. The molecule has 0 saturated carbocycles. The third-order valence-electron chi connectivity index (χ3n) is 4.01. The van der Waals surface area contributed by atoms with E-state index in [0.717, 1.165) is 10.0 Å². The number of aliphatic carboxylic acids is 1. The minimum absolute atomic E-state index is 0.0949. The highest BCUT2D eigenvalue weighted by atomic mass is 79.9. The van der Waals surface area contributed by atoms with Crippen molar-refractivity contribution in [2.24, 2.45) is 0 Å². The molecule has 0 aromatic heterocycles. The largest absolute Gasteiger partial charge is 0.480 e. The normalized spacial score (nSPS) is 12.7. The SMILES string of the molecule is CC(=O)N[C@H](Cc1ccc(F)cc1)C(=O)N[C@H](Cc1ccc(Br)cc1)C(=O)O. The van der Waals surface area contributed by atoms with E-state index < -0.39 is 35.7 Å². The molecule has 0 heterocycles. The summed E-state index contributed by atoms with van der Waals surface area (Å²) in [7, 11) is 0. The summed E-state index contributed by atoms with van der Waals surface area (Å²) in [4.78, 5) is 35.7. The van der Waals surface area contributed by atoms with Gasteiger partial charge in [0.25, 0.3) is 0 Å². The number of carbonyl (C=O) groups excluding carboxylic acids is 2. The van der Waals surface area contributed by atoms with Crippen LogP contribution in [0.25, 0.3) is 0 Å². The second kappa shape index (κ2) is 9.98. The van der Waals surface area contributed by atoms with E-state index >= 15 is 0 Å². The van der Waals surface area contributed by atoms with E-state index in [1.54, 1.807) is 24.3 Å². The van der Waals surface area contributed by atoms with Crippen LogP contribution in [0.5, 0.6) is 0 Å². The quantitative estimate of drug-likeness (QED) is 0.575. The number of benzene rings is 2. The first-order valence-corrected chi connectivity index (χ1v) is 9.33. The van der Waals surface area contributed by atoms with Crippen LogP contribution in [0.15, 0.2) is 53.0 Å². The van der Waals surface area contributed by atoms with Gasteiger partial charge in [0, 0.05) is 24.2 Å². The average Bonchev–Trinajstić information content (AvgIpc) is 2.63. The fraction of sp³-hybridized carbons (Fsp3) is 0.250. The van der Waals surface area contributed by atoms with E-state index in [2.05, 4.69) is 26.6 Å². The van der Waals surface area contributed by atoms with Crippen LogP contribution in [0.2, 0.25) is 0 Å². The van der Waals surface area contributed by atoms with E-state index in [1.165, 1.54) is 31.2 Å². The highest BCUT2D eigenvalue weighted by Gasteiger charge is 2.26. The number of carbonyl (C=O) groups is 3. The summed E-state index contributed by atoms with van der Waals surface area (Å²) in [5, 5.41) is 14.5. The molecule has 2 atom stereocenters. The molecule has 2 amide bonds. The summed E-state index contributed by atoms with van der Waals surface area (Å²) in [6, 6.07) is 10.5. The van der Waals surface area contributed by atoms with Crippen LogP contribution in [0, 0.1) is 5.82 Å². The van der Waals surface area contributed by atoms with Crippen molar-refractivity contribution in [3.8, 4) is 0 Å². The summed E-state index contributed by atoms with van der Waals surface area (Å²) in [6.07, 6.45) is 0.202. The van der Waals surface area contributed by atoms with Crippen LogP contribution >= 0.6 is 15.9 Å². The summed E-state index contributed by atoms with van der Waals surface area (Å²) in [5.41, 5.74) is 1.38. The standard InChI is InChI=1S/C20H20BrFN2O4/c1-12(25)23-17(10-14-4-8-16(22)9-5-14)19(26)24-18(20(27)28)11-13-2-6-15(21)7-3-13/h2-9,17-18H,10-11H2,1H3,(H,23,25)(H,24,26)(H,27,28)/t17-,18-/m1/s1. The van der Waals surface area contributed by atoms with Crippen molar-refractivity contribution in [1.82, 2.24) is 10.6 Å². The molecule has 8 heteroatoms. The van der Waals surface area contributed by atoms with Gasteiger partial charge in [-0.2, -0.15) is 0 Å². The Morgan fingerprint density at radius 1 is 0.929 bits per heavy atom. The summed E-state index contributed by atoms with van der Waals surface area (Å²) < 4.78 is 13.9. The van der Waals surface area contributed by atoms with Gasteiger partial charge in [-0.05, 0) is 35.4 Å². The first kappa shape index (κ1) is 21.6. The highest BCUT2D eigenvalue weighted by Crippen LogP contribution is 2.12. The van der Waals surface area contributed by atoms with Gasteiger partial charge in [0.15, 0.2) is 0 Å². The number of hydrogen-bond acceptors (Lipinski definition) is 3. The lowest BCUT2D eigenvalue weighted by Crippen LogP contribution is -2.52. The van der Waals surface area contributed by atoms with Crippen molar-refractivity contribution in [2.75, 3.05) is 0 Å². The Bertz CT molecular complexity index is 840. The Hall–Kier alpha value is -2.74. The minimum Gasteiger partial charge on any atom is -0.480 e. The van der Waals surface area contributed by atoms with E-state index in [0.29, 0.717) is 5.56 Å². The molecule has 6 nitrogen and oxygen atoms in total. The molecule has 0 unspecified atom stereocenters. The number of nitrogens with one attached hydrogen (secondary N) is 2. The van der Waals surface area contributed by atoms with Crippen molar-refractivity contribution < 1.29 is 23.9 Å². The van der Waals surface area contributed by atoms with Crippen LogP contribution in [-0.2, 0) is 27.2 Å². The second-order valence-electron chi connectivity index (χ2n) is 6.31. The van der Waals surface area contributed by atoms with Crippen LogP contribution in [0.4, 0.5) is 4.39 Å². The van der Waals surface area contributed by atoms with Gasteiger partial charge in [0.05, 0.1) is 0 Å². The molecular weight excluding hydrogens is 431 g/mol. The van der Waals surface area contributed by atoms with Crippen molar-refractivity contribution in [1.29, 1.82) is 0 Å². The first-order valence-electron chi connectivity index (χ1n) is 8.53. The molecule has 0 aliphatic rings. The maximum absolute atomic E-state index is 13.1. The molecule has 0 saturated heterocycles. The van der Waals surface area contributed by atoms with E-state index in [9.17, 15) is 23.9 Å². The lowest BCUT2D eigenvalue weighted by Gasteiger charge is -2.21. The van der Waals surface area contributed by atoms with Gasteiger partial charge in [0.2, 0.25) is 11.8 Å². The Labute approximate surface area is 170 Å². The summed E-state index contributed by atoms with van der Waals surface area (Å²) >= 11 is 3.31. The van der Waals surface area contributed by atoms with Gasteiger partial charge in [-0.15, -0.1) is 0 Å². The maximum atomic E-state index is 13.1. The molecule has 2 aromatic rings. The summed E-state index contributed by atoms with van der Waals surface area (Å²) in [5.74, 6) is -2.64. The smallest absolute Gasteiger partial charge is 0.326 e. The number of amides is 2. The van der Waals surface area contributed by atoms with Crippen molar-refractivity contribution in [2.45, 2.75) is 31.8 Å². The van der Waals surface area contributed by atoms with Crippen LogP contribution in [0.1, 0.15) is 18.1 Å². The van der Waals surface area contributed by atoms with Crippen molar-refractivity contribution in [3.63, 3.8) is 0 Å². The predicted octanol–water partition coefficient (Wildman–Crippen LogP) is 2.45. The van der Waals surface area contributed by atoms with Crippen LogP contribution in [0.3, 0.4) is 0 Å². The number of hydrogen-bond donors (Lipinski definition) is 3. The lowest BCUT2D eigenvalue weighted by atomic mass is 10.0. The van der Waals surface area contributed by atoms with Crippen molar-refractivity contribution in [3.05, 3.63) is 69.9 Å². The third kappa shape index (κ3) is 6.77. The van der Waals surface area contributed by atoms with Gasteiger partial charge in [-0.3, -0.25) is 9.59 Å². The molecule has 0 fully saturated rings. The Balaban J connectivity index is 2.11. The average molecular weight is 451 g/mol. The van der Waals surface area contributed by atoms with Crippen LogP contribution < -0.4 is 10.6 Å². The molecule has 3 N–H and O–H groups in total. The van der Waals surface area contributed by atoms with Crippen molar-refractivity contribution >= 4 is 33.7 Å². The maximum Gasteiger partial charge on any atom is 0.326 e. The van der Waals surface area contributed by atoms with Crippen LogP contribution in [-0.4, -0.2) is 35.0 Å². The zero-order valence-corrected chi connectivity index (χ0v) is 16.7. The number of carboxylic acid groups (broad SMARTS) is 1. The molecule has 0 aliphatic carbocycles. The molecule has 0 aliphatic heterocycles. The third-order valence-corrected chi connectivity index (χ3v) is 4.54. The predicted molar refractivity (Wildman–Crippen MR) is 105 cm³/mol. The molecule has 0 radical (unpaired) electrons. The minimum atomic E-state index is -1.18. The van der Waals surface area contributed by atoms with Gasteiger partial charge in [-0.1, -0.05) is 40.2 Å². The fourth-order valence-corrected chi connectivity index (χ4v) is 2.90. The lowest BCUT2D eigenvalue weighted by molar-refractivity contribution is -0.142. The Morgan fingerprint density at radius 3 is 1.93 bits per heavy atom. The topological polar surface area (TPSA) is 95.5 Å².